The Morgan fingerprint density at radius 3 is 2.46 bits per heavy atom. The minimum absolute atomic E-state index is 0.0710. The Balaban J connectivity index is 1.83. The first-order chi connectivity index (χ1) is 11.5. The van der Waals surface area contributed by atoms with E-state index in [9.17, 15) is 13.2 Å². The number of hydrogen-bond donors (Lipinski definition) is 2. The van der Waals surface area contributed by atoms with Crippen LogP contribution in [-0.4, -0.2) is 33.6 Å². The third-order valence-electron chi connectivity index (χ3n) is 3.00. The fourth-order valence-electron chi connectivity index (χ4n) is 1.86. The molecule has 0 bridgehead atoms. The summed E-state index contributed by atoms with van der Waals surface area (Å²) >= 11 is 0. The van der Waals surface area contributed by atoms with Crippen LogP contribution in [0.15, 0.2) is 52.3 Å². The van der Waals surface area contributed by atoms with Gasteiger partial charge in [0.15, 0.2) is 0 Å². The number of nitrogens with zero attached hydrogens (tertiary/aromatic N) is 5. The number of sulfonamides is 1. The largest absolute Gasteiger partial charge is 0.365 e. The number of aromatic amines is 1. The minimum Gasteiger partial charge on any atom is -0.280 e. The zero-order valence-electron chi connectivity index (χ0n) is 11.9. The summed E-state index contributed by atoms with van der Waals surface area (Å²) in [7, 11) is -3.84. The van der Waals surface area contributed by atoms with Crippen molar-refractivity contribution in [3.63, 3.8) is 0 Å². The molecule has 11 heteroatoms. The molecule has 0 aliphatic heterocycles. The molecule has 120 valence electrons. The summed E-state index contributed by atoms with van der Waals surface area (Å²) in [6.07, 6.45) is 1.10. The third-order valence-corrected chi connectivity index (χ3v) is 4.36. The average Bonchev–Trinajstić information content (AvgIpc) is 3.01. The van der Waals surface area contributed by atoms with Gasteiger partial charge in [0.2, 0.25) is 0 Å². The first-order valence-corrected chi connectivity index (χ1v) is 7.98. The molecule has 0 aliphatic rings. The van der Waals surface area contributed by atoms with Crippen molar-refractivity contribution in [1.29, 1.82) is 5.26 Å². The van der Waals surface area contributed by atoms with Crippen molar-refractivity contribution in [2.75, 3.05) is 4.72 Å². The van der Waals surface area contributed by atoms with Crippen molar-refractivity contribution >= 4 is 15.7 Å². The number of aromatic nitrogens is 5. The Labute approximate surface area is 135 Å². The van der Waals surface area contributed by atoms with Gasteiger partial charge in [0, 0.05) is 11.9 Å². The van der Waals surface area contributed by atoms with E-state index >= 15 is 0 Å². The molecule has 1 aromatic carbocycles. The Hall–Kier alpha value is -3.52. The van der Waals surface area contributed by atoms with Crippen LogP contribution in [0.4, 0.5) is 5.69 Å². The van der Waals surface area contributed by atoms with Crippen LogP contribution in [0, 0.1) is 11.3 Å². The highest BCUT2D eigenvalue weighted by Crippen LogP contribution is 2.17. The fraction of sp³-hybridized carbons (Fsp3) is 0. The number of H-pyrrole nitrogens is 1. The first-order valence-electron chi connectivity index (χ1n) is 6.49. The molecule has 3 rings (SSSR count). The van der Waals surface area contributed by atoms with Gasteiger partial charge in [-0.25, -0.2) is 23.3 Å². The fourth-order valence-corrected chi connectivity index (χ4v) is 2.86. The lowest BCUT2D eigenvalue weighted by molar-refractivity contribution is 0.601. The van der Waals surface area contributed by atoms with Crippen LogP contribution in [-0.2, 0) is 10.0 Å². The van der Waals surface area contributed by atoms with E-state index in [0.29, 0.717) is 11.4 Å². The predicted octanol–water partition coefficient (Wildman–Crippen LogP) is 0.0231. The van der Waals surface area contributed by atoms with E-state index in [4.69, 9.17) is 5.26 Å². The summed E-state index contributed by atoms with van der Waals surface area (Å²) < 4.78 is 27.9. The van der Waals surface area contributed by atoms with Crippen LogP contribution < -0.4 is 10.4 Å². The molecule has 2 N–H and O–H groups in total. The summed E-state index contributed by atoms with van der Waals surface area (Å²) in [5, 5.41) is 17.8. The van der Waals surface area contributed by atoms with E-state index in [-0.39, 0.29) is 10.6 Å². The van der Waals surface area contributed by atoms with Gasteiger partial charge in [-0.15, -0.1) is 0 Å². The molecule has 0 fully saturated rings. The molecular formula is C13H9N7O3S. The standard InChI is InChI=1S/C13H9N7O3S/c14-7-10-3-6-12(8-15-10)24(22,23)17-9-1-4-11(5-2-9)20-13(21)16-18-19-20/h1-6,8,17H,(H,16,19,21). The lowest BCUT2D eigenvalue weighted by Crippen LogP contribution is -2.16. The summed E-state index contributed by atoms with van der Waals surface area (Å²) in [6, 6.07) is 10.4. The van der Waals surface area contributed by atoms with Gasteiger partial charge in [-0.3, -0.25) is 4.72 Å². The molecule has 0 spiro atoms. The predicted molar refractivity (Wildman–Crippen MR) is 81.7 cm³/mol. The van der Waals surface area contributed by atoms with Gasteiger partial charge in [-0.2, -0.15) is 9.94 Å². The van der Waals surface area contributed by atoms with Crippen LogP contribution in [0.1, 0.15) is 5.69 Å². The number of hydrogen-bond acceptors (Lipinski definition) is 7. The first kappa shape index (κ1) is 15.4. The van der Waals surface area contributed by atoms with Crippen molar-refractivity contribution in [1.82, 2.24) is 25.2 Å². The summed E-state index contributed by atoms with van der Waals surface area (Å²) in [6.45, 7) is 0. The van der Waals surface area contributed by atoms with Crippen LogP contribution in [0.5, 0.6) is 0 Å². The van der Waals surface area contributed by atoms with Crippen LogP contribution in [0.2, 0.25) is 0 Å². The van der Waals surface area contributed by atoms with Gasteiger partial charge in [-0.1, -0.05) is 0 Å². The Morgan fingerprint density at radius 2 is 1.92 bits per heavy atom. The average molecular weight is 343 g/mol. The lowest BCUT2D eigenvalue weighted by Gasteiger charge is -2.08. The van der Waals surface area contributed by atoms with E-state index in [1.54, 1.807) is 0 Å². The number of pyridine rings is 1. The van der Waals surface area contributed by atoms with Crippen molar-refractivity contribution in [2.24, 2.45) is 0 Å². The van der Waals surface area contributed by atoms with E-state index in [0.717, 1.165) is 10.9 Å². The minimum atomic E-state index is -3.84. The molecule has 0 saturated heterocycles. The van der Waals surface area contributed by atoms with Crippen molar-refractivity contribution in [2.45, 2.75) is 4.90 Å². The highest BCUT2D eigenvalue weighted by atomic mass is 32.2. The molecule has 0 unspecified atom stereocenters. The molecule has 0 amide bonds. The topological polar surface area (TPSA) is 146 Å². The van der Waals surface area contributed by atoms with E-state index in [1.807, 2.05) is 6.07 Å². The molecule has 2 heterocycles. The zero-order valence-corrected chi connectivity index (χ0v) is 12.7. The number of anilines is 1. The molecule has 3 aromatic rings. The second kappa shape index (κ2) is 5.94. The molecular weight excluding hydrogens is 334 g/mol. The lowest BCUT2D eigenvalue weighted by atomic mass is 10.3. The molecule has 10 nitrogen and oxygen atoms in total. The number of nitrogens with one attached hydrogen (secondary N) is 2. The summed E-state index contributed by atoms with van der Waals surface area (Å²) in [4.78, 5) is 15.1. The number of rotatable bonds is 4. The van der Waals surface area contributed by atoms with Gasteiger partial charge in [-0.05, 0) is 46.8 Å². The Bertz CT molecular complexity index is 1060. The van der Waals surface area contributed by atoms with Crippen LogP contribution >= 0.6 is 0 Å². The Morgan fingerprint density at radius 1 is 1.17 bits per heavy atom. The van der Waals surface area contributed by atoms with Crippen LogP contribution in [0.25, 0.3) is 5.69 Å². The Kier molecular flexibility index (Phi) is 3.80. The molecule has 0 saturated carbocycles. The highest BCUT2D eigenvalue weighted by molar-refractivity contribution is 7.92. The maximum absolute atomic E-state index is 12.3. The van der Waals surface area contributed by atoms with Crippen molar-refractivity contribution in [3.05, 3.63) is 58.8 Å². The highest BCUT2D eigenvalue weighted by Gasteiger charge is 2.15. The molecule has 24 heavy (non-hydrogen) atoms. The van der Waals surface area contributed by atoms with E-state index < -0.39 is 15.7 Å². The van der Waals surface area contributed by atoms with Crippen molar-refractivity contribution < 1.29 is 8.42 Å². The maximum Gasteiger partial charge on any atom is 0.365 e. The quantitative estimate of drug-likeness (QED) is 0.679. The second-order valence-corrected chi connectivity index (χ2v) is 6.24. The van der Waals surface area contributed by atoms with Gasteiger partial charge in [0.1, 0.15) is 16.7 Å². The third kappa shape index (κ3) is 2.99. The number of benzene rings is 1. The van der Waals surface area contributed by atoms with Crippen molar-refractivity contribution in [3.8, 4) is 11.8 Å². The van der Waals surface area contributed by atoms with Gasteiger partial charge < -0.3 is 0 Å². The number of nitriles is 1. The van der Waals surface area contributed by atoms with Gasteiger partial charge in [0.25, 0.3) is 10.0 Å². The molecule has 0 radical (unpaired) electrons. The smallest absolute Gasteiger partial charge is 0.280 e. The van der Waals surface area contributed by atoms with Gasteiger partial charge in [0.05, 0.1) is 5.69 Å². The molecule has 0 aliphatic carbocycles. The molecule has 0 atom stereocenters. The monoisotopic (exact) mass is 343 g/mol. The van der Waals surface area contributed by atoms with E-state index in [1.165, 1.54) is 36.4 Å². The molecule has 2 aromatic heterocycles. The van der Waals surface area contributed by atoms with Gasteiger partial charge >= 0.3 is 5.69 Å². The second-order valence-electron chi connectivity index (χ2n) is 4.56. The summed E-state index contributed by atoms with van der Waals surface area (Å²) in [5.41, 5.74) is 0.333. The zero-order chi connectivity index (χ0) is 17.2. The van der Waals surface area contributed by atoms with Crippen LogP contribution in [0.3, 0.4) is 0 Å². The SMILES string of the molecule is N#Cc1ccc(S(=O)(=O)Nc2ccc(-n3nn[nH]c3=O)cc2)cn1. The number of tetrazole rings is 1. The van der Waals surface area contributed by atoms with E-state index in [2.05, 4.69) is 25.2 Å². The normalized spacial score (nSPS) is 11.0. The maximum atomic E-state index is 12.3. The summed E-state index contributed by atoms with van der Waals surface area (Å²) in [5.74, 6) is 0.